The number of aromatic nitrogens is 2. The average Bonchev–Trinajstić information content (AvgIpc) is 3.13. The Morgan fingerprint density at radius 1 is 1.07 bits per heavy atom. The van der Waals surface area contributed by atoms with Gasteiger partial charge in [0.25, 0.3) is 5.91 Å². The van der Waals surface area contributed by atoms with Crippen LogP contribution in [0.1, 0.15) is 23.6 Å². The molecule has 0 bridgehead atoms. The quantitative estimate of drug-likeness (QED) is 0.692. The Labute approximate surface area is 163 Å². The van der Waals surface area contributed by atoms with Gasteiger partial charge in [-0.2, -0.15) is 0 Å². The fourth-order valence-electron chi connectivity index (χ4n) is 2.80. The van der Waals surface area contributed by atoms with Crippen LogP contribution in [0.5, 0.6) is 11.5 Å². The molecule has 28 heavy (non-hydrogen) atoms. The lowest BCUT2D eigenvalue weighted by Crippen LogP contribution is -2.30. The highest BCUT2D eigenvalue weighted by Crippen LogP contribution is 2.29. The van der Waals surface area contributed by atoms with E-state index in [1.54, 1.807) is 14.0 Å². The van der Waals surface area contributed by atoms with Crippen molar-refractivity contribution in [3.63, 3.8) is 0 Å². The molecule has 0 unspecified atom stereocenters. The third-order valence-corrected chi connectivity index (χ3v) is 4.63. The van der Waals surface area contributed by atoms with E-state index in [9.17, 15) is 4.79 Å². The minimum absolute atomic E-state index is 0.242. The molecule has 0 saturated heterocycles. The number of rotatable bonds is 6. The third kappa shape index (κ3) is 3.98. The molecule has 3 aromatic rings. The van der Waals surface area contributed by atoms with Crippen molar-refractivity contribution in [1.82, 2.24) is 10.3 Å². The van der Waals surface area contributed by atoms with E-state index < -0.39 is 6.10 Å². The van der Waals surface area contributed by atoms with Crippen molar-refractivity contribution in [2.24, 2.45) is 0 Å². The standard InChI is InChI=1S/C21H23N3O4/c1-12-7-6-8-18(14(12)3)27-15(4)21(25)22-20-19(23-28-24-20)16-9-10-17(26-5)13(2)11-16/h6-11,15H,1-5H3,(H,22,24,25)/t15-/m1/s1. The number of aryl methyl sites for hydroxylation is 2. The number of nitrogens with zero attached hydrogens (tertiary/aromatic N) is 2. The number of ether oxygens (including phenoxy) is 2. The van der Waals surface area contributed by atoms with Crippen LogP contribution in [0.2, 0.25) is 0 Å². The van der Waals surface area contributed by atoms with Crippen molar-refractivity contribution in [1.29, 1.82) is 0 Å². The van der Waals surface area contributed by atoms with Crippen LogP contribution in [-0.2, 0) is 4.79 Å². The van der Waals surface area contributed by atoms with Gasteiger partial charge in [-0.15, -0.1) is 0 Å². The van der Waals surface area contributed by atoms with Crippen molar-refractivity contribution in [3.8, 4) is 22.8 Å². The second-order valence-corrected chi connectivity index (χ2v) is 6.59. The molecule has 0 radical (unpaired) electrons. The third-order valence-electron chi connectivity index (χ3n) is 4.63. The lowest BCUT2D eigenvalue weighted by molar-refractivity contribution is -0.122. The molecular formula is C21H23N3O4. The Balaban J connectivity index is 1.75. The summed E-state index contributed by atoms with van der Waals surface area (Å²) in [5.74, 6) is 1.34. The number of amides is 1. The summed E-state index contributed by atoms with van der Waals surface area (Å²) in [6.45, 7) is 7.56. The summed E-state index contributed by atoms with van der Waals surface area (Å²) in [5, 5.41) is 10.5. The largest absolute Gasteiger partial charge is 0.496 e. The molecule has 0 spiro atoms. The minimum Gasteiger partial charge on any atom is -0.496 e. The van der Waals surface area contributed by atoms with Crippen molar-refractivity contribution < 1.29 is 18.9 Å². The topological polar surface area (TPSA) is 86.5 Å². The van der Waals surface area contributed by atoms with Gasteiger partial charge in [0.15, 0.2) is 11.8 Å². The zero-order valence-electron chi connectivity index (χ0n) is 16.6. The van der Waals surface area contributed by atoms with E-state index in [4.69, 9.17) is 14.1 Å². The Morgan fingerprint density at radius 2 is 1.86 bits per heavy atom. The van der Waals surface area contributed by atoms with E-state index in [0.29, 0.717) is 11.4 Å². The number of hydrogen-bond acceptors (Lipinski definition) is 6. The van der Waals surface area contributed by atoms with E-state index in [-0.39, 0.29) is 11.7 Å². The fraction of sp³-hybridized carbons (Fsp3) is 0.286. The van der Waals surface area contributed by atoms with Crippen molar-refractivity contribution in [2.75, 3.05) is 12.4 Å². The highest BCUT2D eigenvalue weighted by molar-refractivity contribution is 5.96. The second kappa shape index (κ2) is 8.12. The molecule has 3 rings (SSSR count). The zero-order chi connectivity index (χ0) is 20.3. The van der Waals surface area contributed by atoms with Crippen molar-refractivity contribution in [2.45, 2.75) is 33.8 Å². The Morgan fingerprint density at radius 3 is 2.57 bits per heavy atom. The number of benzene rings is 2. The SMILES string of the molecule is COc1ccc(-c2nonc2NC(=O)[C@@H](C)Oc2cccc(C)c2C)cc1C. The molecule has 0 aliphatic heterocycles. The molecule has 2 aromatic carbocycles. The van der Waals surface area contributed by atoms with Gasteiger partial charge in [-0.25, -0.2) is 4.63 Å². The Bertz CT molecular complexity index is 997. The van der Waals surface area contributed by atoms with E-state index in [1.807, 2.05) is 57.2 Å². The molecule has 0 aliphatic rings. The van der Waals surface area contributed by atoms with Gasteiger partial charge in [0, 0.05) is 5.56 Å². The van der Waals surface area contributed by atoms with Crippen LogP contribution in [0, 0.1) is 20.8 Å². The molecule has 1 N–H and O–H groups in total. The maximum Gasteiger partial charge on any atom is 0.266 e. The Kier molecular flexibility index (Phi) is 5.63. The summed E-state index contributed by atoms with van der Waals surface area (Å²) in [5.41, 5.74) is 4.24. The fourth-order valence-corrected chi connectivity index (χ4v) is 2.80. The van der Waals surface area contributed by atoms with Crippen molar-refractivity contribution in [3.05, 3.63) is 53.1 Å². The highest BCUT2D eigenvalue weighted by Gasteiger charge is 2.21. The molecule has 1 heterocycles. The number of carbonyl (C=O) groups is 1. The maximum absolute atomic E-state index is 12.6. The molecule has 0 saturated carbocycles. The molecule has 1 amide bonds. The van der Waals surface area contributed by atoms with Crippen LogP contribution in [0.4, 0.5) is 5.82 Å². The van der Waals surface area contributed by atoms with Crippen LogP contribution in [0.25, 0.3) is 11.3 Å². The molecule has 0 aliphatic carbocycles. The zero-order valence-corrected chi connectivity index (χ0v) is 16.6. The first-order valence-corrected chi connectivity index (χ1v) is 8.92. The van der Waals surface area contributed by atoms with Gasteiger partial charge in [0.2, 0.25) is 5.82 Å². The predicted octanol–water partition coefficient (Wildman–Crippen LogP) is 4.08. The summed E-state index contributed by atoms with van der Waals surface area (Å²) >= 11 is 0. The number of carbonyl (C=O) groups excluding carboxylic acids is 1. The van der Waals surface area contributed by atoms with Gasteiger partial charge < -0.3 is 14.8 Å². The summed E-state index contributed by atoms with van der Waals surface area (Å²) in [6, 6.07) is 11.3. The molecule has 1 aromatic heterocycles. The first kappa shape index (κ1) is 19.4. The van der Waals surface area contributed by atoms with Gasteiger partial charge in [0.05, 0.1) is 7.11 Å². The van der Waals surface area contributed by atoms with Crippen LogP contribution in [-0.4, -0.2) is 29.4 Å². The molecule has 146 valence electrons. The average molecular weight is 381 g/mol. The predicted molar refractivity (Wildman–Crippen MR) is 106 cm³/mol. The molecule has 7 heteroatoms. The van der Waals surface area contributed by atoms with Gasteiger partial charge in [-0.3, -0.25) is 4.79 Å². The van der Waals surface area contributed by atoms with E-state index in [0.717, 1.165) is 28.0 Å². The first-order valence-electron chi connectivity index (χ1n) is 8.92. The molecule has 7 nitrogen and oxygen atoms in total. The second-order valence-electron chi connectivity index (χ2n) is 6.59. The smallest absolute Gasteiger partial charge is 0.266 e. The summed E-state index contributed by atoms with van der Waals surface area (Å²) in [6.07, 6.45) is -0.720. The lowest BCUT2D eigenvalue weighted by Gasteiger charge is -2.16. The normalized spacial score (nSPS) is 11.8. The number of methoxy groups -OCH3 is 1. The van der Waals surface area contributed by atoms with Gasteiger partial charge in [-0.05, 0) is 79.0 Å². The number of anilines is 1. The maximum atomic E-state index is 12.6. The van der Waals surface area contributed by atoms with E-state index >= 15 is 0 Å². The van der Waals surface area contributed by atoms with E-state index in [2.05, 4.69) is 15.6 Å². The molecule has 0 fully saturated rings. The summed E-state index contributed by atoms with van der Waals surface area (Å²) in [4.78, 5) is 12.6. The monoisotopic (exact) mass is 381 g/mol. The molecule has 1 atom stereocenters. The number of hydrogen-bond donors (Lipinski definition) is 1. The summed E-state index contributed by atoms with van der Waals surface area (Å²) in [7, 11) is 1.61. The molecular weight excluding hydrogens is 358 g/mol. The van der Waals surface area contributed by atoms with Crippen LogP contribution in [0.15, 0.2) is 41.0 Å². The highest BCUT2D eigenvalue weighted by atomic mass is 16.6. The van der Waals surface area contributed by atoms with Crippen molar-refractivity contribution >= 4 is 11.7 Å². The van der Waals surface area contributed by atoms with Crippen LogP contribution in [0.3, 0.4) is 0 Å². The lowest BCUT2D eigenvalue weighted by atomic mass is 10.1. The number of nitrogens with one attached hydrogen (secondary N) is 1. The van der Waals surface area contributed by atoms with E-state index in [1.165, 1.54) is 0 Å². The summed E-state index contributed by atoms with van der Waals surface area (Å²) < 4.78 is 15.9. The van der Waals surface area contributed by atoms with Crippen LogP contribution < -0.4 is 14.8 Å². The van der Waals surface area contributed by atoms with Gasteiger partial charge in [0.1, 0.15) is 11.5 Å². The minimum atomic E-state index is -0.720. The van der Waals surface area contributed by atoms with Gasteiger partial charge >= 0.3 is 0 Å². The van der Waals surface area contributed by atoms with Gasteiger partial charge in [-0.1, -0.05) is 12.1 Å². The van der Waals surface area contributed by atoms with Crippen LogP contribution >= 0.6 is 0 Å². The Hall–Kier alpha value is -3.35. The first-order chi connectivity index (χ1) is 13.4.